The molecule has 90 valence electrons. The van der Waals surface area contributed by atoms with Gasteiger partial charge in [-0.2, -0.15) is 0 Å². The molecule has 0 bridgehead atoms. The summed E-state index contributed by atoms with van der Waals surface area (Å²) in [7, 11) is 0. The number of hydrogen-bond acceptors (Lipinski definition) is 3. The van der Waals surface area contributed by atoms with E-state index in [0.717, 1.165) is 18.4 Å². The molecule has 1 aromatic heterocycles. The quantitative estimate of drug-likeness (QED) is 0.873. The molecule has 0 amide bonds. The molecule has 0 aromatic carbocycles. The minimum Gasteiger partial charge on any atom is -0.309 e. The molecule has 0 aliphatic heterocycles. The van der Waals surface area contributed by atoms with Crippen molar-refractivity contribution >= 4 is 11.3 Å². The topological polar surface area (TPSA) is 24.9 Å². The summed E-state index contributed by atoms with van der Waals surface area (Å²) in [4.78, 5) is 5.66. The minimum absolute atomic E-state index is 0.700. The summed E-state index contributed by atoms with van der Waals surface area (Å²) in [6, 6.07) is 0.700. The number of rotatable bonds is 3. The Labute approximate surface area is 102 Å². The molecule has 3 unspecified atom stereocenters. The van der Waals surface area contributed by atoms with Gasteiger partial charge >= 0.3 is 0 Å². The van der Waals surface area contributed by atoms with E-state index in [1.807, 2.05) is 6.20 Å². The number of hydrogen-bond donors (Lipinski definition) is 1. The Bertz CT molecular complexity index is 334. The molecule has 0 saturated heterocycles. The maximum Gasteiger partial charge on any atom is 0.0897 e. The second-order valence-corrected chi connectivity index (χ2v) is 6.55. The summed E-state index contributed by atoms with van der Waals surface area (Å²) in [6.45, 7) is 7.81. The van der Waals surface area contributed by atoms with Gasteiger partial charge in [-0.05, 0) is 31.6 Å². The van der Waals surface area contributed by atoms with Crippen molar-refractivity contribution in [3.05, 3.63) is 16.1 Å². The summed E-state index contributed by atoms with van der Waals surface area (Å²) in [5.41, 5.74) is 0. The van der Waals surface area contributed by atoms with Crippen LogP contribution in [0.3, 0.4) is 0 Å². The van der Waals surface area contributed by atoms with Gasteiger partial charge in [-0.25, -0.2) is 4.98 Å². The van der Waals surface area contributed by atoms with Crippen molar-refractivity contribution in [3.8, 4) is 0 Å². The lowest BCUT2D eigenvalue weighted by atomic mass is 9.80. The average Bonchev–Trinajstić information content (AvgIpc) is 2.66. The van der Waals surface area contributed by atoms with Gasteiger partial charge in [0.1, 0.15) is 0 Å². The van der Waals surface area contributed by atoms with Gasteiger partial charge in [-0.15, -0.1) is 11.3 Å². The Morgan fingerprint density at radius 1 is 1.44 bits per heavy atom. The number of aryl methyl sites for hydroxylation is 1. The van der Waals surface area contributed by atoms with Crippen LogP contribution in [0.1, 0.15) is 43.0 Å². The third-order valence-electron chi connectivity index (χ3n) is 3.67. The lowest BCUT2D eigenvalue weighted by Gasteiger charge is -2.33. The zero-order valence-electron chi connectivity index (χ0n) is 10.5. The third kappa shape index (κ3) is 3.05. The van der Waals surface area contributed by atoms with Crippen molar-refractivity contribution < 1.29 is 0 Å². The maximum atomic E-state index is 4.29. The van der Waals surface area contributed by atoms with Crippen LogP contribution in [-0.4, -0.2) is 11.0 Å². The van der Waals surface area contributed by atoms with Gasteiger partial charge in [-0.1, -0.05) is 20.3 Å². The van der Waals surface area contributed by atoms with Crippen LogP contribution in [0.4, 0.5) is 0 Å². The molecule has 1 aromatic rings. The molecule has 1 aliphatic carbocycles. The van der Waals surface area contributed by atoms with Crippen LogP contribution in [0.5, 0.6) is 0 Å². The monoisotopic (exact) mass is 238 g/mol. The van der Waals surface area contributed by atoms with Gasteiger partial charge in [0.25, 0.3) is 0 Å². The number of nitrogens with zero attached hydrogens (tertiary/aromatic N) is 1. The van der Waals surface area contributed by atoms with E-state index in [2.05, 4.69) is 31.1 Å². The van der Waals surface area contributed by atoms with Gasteiger partial charge < -0.3 is 5.32 Å². The molecule has 1 fully saturated rings. The highest BCUT2D eigenvalue weighted by molar-refractivity contribution is 7.11. The number of thiazole rings is 1. The van der Waals surface area contributed by atoms with Crippen molar-refractivity contribution in [2.75, 3.05) is 0 Å². The Balaban J connectivity index is 1.84. The molecule has 1 heterocycles. The number of aromatic nitrogens is 1. The Morgan fingerprint density at radius 3 is 2.94 bits per heavy atom. The lowest BCUT2D eigenvalue weighted by Crippen LogP contribution is -2.38. The molecular formula is C13H22N2S. The summed E-state index contributed by atoms with van der Waals surface area (Å²) in [6.07, 6.45) is 6.11. The van der Waals surface area contributed by atoms with Crippen molar-refractivity contribution in [1.82, 2.24) is 10.3 Å². The van der Waals surface area contributed by atoms with Crippen molar-refractivity contribution in [2.24, 2.45) is 11.8 Å². The smallest absolute Gasteiger partial charge is 0.0897 e. The molecule has 3 heteroatoms. The van der Waals surface area contributed by atoms with Gasteiger partial charge in [-0.3, -0.25) is 0 Å². The largest absolute Gasteiger partial charge is 0.309 e. The van der Waals surface area contributed by atoms with Crippen LogP contribution in [0, 0.1) is 18.8 Å². The van der Waals surface area contributed by atoms with Crippen LogP contribution in [-0.2, 0) is 6.54 Å². The fourth-order valence-electron chi connectivity index (χ4n) is 2.54. The molecule has 1 aliphatic rings. The van der Waals surface area contributed by atoms with Gasteiger partial charge in [0.05, 0.1) is 5.01 Å². The minimum atomic E-state index is 0.700. The highest BCUT2D eigenvalue weighted by Gasteiger charge is 2.24. The van der Waals surface area contributed by atoms with Crippen LogP contribution < -0.4 is 5.32 Å². The predicted octanol–water partition coefficient (Wildman–Crippen LogP) is 3.37. The normalized spacial score (nSPS) is 30.6. The molecular weight excluding hydrogens is 216 g/mol. The first kappa shape index (κ1) is 12.1. The summed E-state index contributed by atoms with van der Waals surface area (Å²) in [5, 5.41) is 4.87. The third-order valence-corrected chi connectivity index (χ3v) is 4.58. The maximum absolute atomic E-state index is 4.29. The van der Waals surface area contributed by atoms with Gasteiger partial charge in [0, 0.05) is 23.7 Å². The molecule has 0 spiro atoms. The van der Waals surface area contributed by atoms with Crippen LogP contribution in [0.15, 0.2) is 6.20 Å². The van der Waals surface area contributed by atoms with Crippen LogP contribution in [0.25, 0.3) is 0 Å². The Kier molecular flexibility index (Phi) is 3.98. The van der Waals surface area contributed by atoms with Crippen molar-refractivity contribution in [2.45, 2.75) is 52.6 Å². The van der Waals surface area contributed by atoms with E-state index < -0.39 is 0 Å². The SMILES string of the molecule is Cc1ncc(CNC2CC(C)CCC2C)s1. The van der Waals surface area contributed by atoms with E-state index in [-0.39, 0.29) is 0 Å². The lowest BCUT2D eigenvalue weighted by molar-refractivity contribution is 0.228. The molecule has 16 heavy (non-hydrogen) atoms. The molecule has 3 atom stereocenters. The van der Waals surface area contributed by atoms with Crippen molar-refractivity contribution in [3.63, 3.8) is 0 Å². The molecule has 0 radical (unpaired) electrons. The summed E-state index contributed by atoms with van der Waals surface area (Å²) in [5.74, 6) is 1.71. The Hall–Kier alpha value is -0.410. The average molecular weight is 238 g/mol. The summed E-state index contributed by atoms with van der Waals surface area (Å²) < 4.78 is 0. The highest BCUT2D eigenvalue weighted by Crippen LogP contribution is 2.28. The molecule has 2 rings (SSSR count). The highest BCUT2D eigenvalue weighted by atomic mass is 32.1. The van der Waals surface area contributed by atoms with Crippen LogP contribution in [0.2, 0.25) is 0 Å². The molecule has 2 nitrogen and oxygen atoms in total. The number of nitrogens with one attached hydrogen (secondary N) is 1. The van der Waals surface area contributed by atoms with E-state index in [0.29, 0.717) is 6.04 Å². The van der Waals surface area contributed by atoms with E-state index in [1.165, 1.54) is 29.1 Å². The molecule has 1 saturated carbocycles. The zero-order valence-corrected chi connectivity index (χ0v) is 11.3. The standard InChI is InChI=1S/C13H22N2S/c1-9-4-5-10(2)13(6-9)15-8-12-7-14-11(3)16-12/h7,9-10,13,15H,4-6,8H2,1-3H3. The summed E-state index contributed by atoms with van der Waals surface area (Å²) >= 11 is 1.80. The second-order valence-electron chi connectivity index (χ2n) is 5.23. The first-order valence-electron chi connectivity index (χ1n) is 6.30. The van der Waals surface area contributed by atoms with Gasteiger partial charge in [0.15, 0.2) is 0 Å². The fourth-order valence-corrected chi connectivity index (χ4v) is 3.28. The van der Waals surface area contributed by atoms with E-state index in [1.54, 1.807) is 11.3 Å². The van der Waals surface area contributed by atoms with Crippen molar-refractivity contribution in [1.29, 1.82) is 0 Å². The Morgan fingerprint density at radius 2 is 2.25 bits per heavy atom. The second kappa shape index (κ2) is 5.28. The van der Waals surface area contributed by atoms with E-state index in [4.69, 9.17) is 0 Å². The van der Waals surface area contributed by atoms with E-state index in [9.17, 15) is 0 Å². The van der Waals surface area contributed by atoms with E-state index >= 15 is 0 Å². The van der Waals surface area contributed by atoms with Gasteiger partial charge in [0.2, 0.25) is 0 Å². The predicted molar refractivity (Wildman–Crippen MR) is 69.7 cm³/mol. The van der Waals surface area contributed by atoms with Crippen LogP contribution >= 0.6 is 11.3 Å². The first-order chi connectivity index (χ1) is 7.65. The zero-order chi connectivity index (χ0) is 11.5. The molecule has 1 N–H and O–H groups in total. The first-order valence-corrected chi connectivity index (χ1v) is 7.11. The fraction of sp³-hybridized carbons (Fsp3) is 0.769.